The van der Waals surface area contributed by atoms with Gasteiger partial charge in [-0.15, -0.1) is 0 Å². The van der Waals surface area contributed by atoms with E-state index in [0.29, 0.717) is 0 Å². The van der Waals surface area contributed by atoms with Gasteiger partial charge < -0.3 is 14.9 Å². The number of aromatic nitrogens is 2. The van der Waals surface area contributed by atoms with E-state index in [9.17, 15) is 14.9 Å². The van der Waals surface area contributed by atoms with Gasteiger partial charge in [0.25, 0.3) is 0 Å². The molecule has 1 heterocycles. The van der Waals surface area contributed by atoms with Crippen molar-refractivity contribution in [3.05, 3.63) is 34.0 Å². The molecule has 0 fully saturated rings. The summed E-state index contributed by atoms with van der Waals surface area (Å²) in [7, 11) is 0. The molecule has 0 N–H and O–H groups in total. The highest BCUT2D eigenvalue weighted by Gasteiger charge is 2.30. The molecule has 0 aromatic carbocycles. The average molecular weight is 251 g/mol. The largest absolute Gasteiger partial charge is 0.462 e. The minimum Gasteiger partial charge on any atom is -0.462 e. The van der Waals surface area contributed by atoms with E-state index in [1.165, 1.54) is 10.9 Å². The van der Waals surface area contributed by atoms with Crippen LogP contribution >= 0.6 is 0 Å². The number of ether oxygens (including phenoxy) is 1. The van der Waals surface area contributed by atoms with Crippen molar-refractivity contribution in [2.75, 3.05) is 6.61 Å². The fourth-order valence-electron chi connectivity index (χ4n) is 1.43. The summed E-state index contributed by atoms with van der Waals surface area (Å²) >= 11 is 0. The van der Waals surface area contributed by atoms with Gasteiger partial charge in [0, 0.05) is 0 Å². The van der Waals surface area contributed by atoms with E-state index < -0.39 is 16.7 Å². The Morgan fingerprint density at radius 3 is 2.89 bits per heavy atom. The minimum absolute atomic E-state index is 0.0547. The lowest BCUT2D eigenvalue weighted by Crippen LogP contribution is -2.07. The molecule has 1 aromatic heterocycles. The quantitative estimate of drug-likeness (QED) is 0.253. The molecule has 0 aliphatic heterocycles. The molecule has 7 heteroatoms. The first-order valence-corrected chi connectivity index (χ1v) is 5.72. The monoisotopic (exact) mass is 251 g/mol. The third-order valence-electron chi connectivity index (χ3n) is 2.51. The number of hydrogen-bond acceptors (Lipinski definition) is 5. The fourth-order valence-corrected chi connectivity index (χ4v) is 1.43. The molecule has 0 spiro atoms. The molecule has 96 valence electrons. The van der Waals surface area contributed by atoms with Crippen molar-refractivity contribution in [3.8, 4) is 0 Å². The van der Waals surface area contributed by atoms with Crippen molar-refractivity contribution in [3.63, 3.8) is 0 Å². The predicted molar refractivity (Wildman–Crippen MR) is 62.2 cm³/mol. The van der Waals surface area contributed by atoms with Gasteiger partial charge in [0.15, 0.2) is 5.56 Å². The number of esters is 1. The molecular weight excluding hydrogens is 238 g/mol. The molecule has 0 atom stereocenters. The van der Waals surface area contributed by atoms with Crippen LogP contribution < -0.4 is 0 Å². The van der Waals surface area contributed by atoms with E-state index in [1.807, 2.05) is 19.1 Å². The summed E-state index contributed by atoms with van der Waals surface area (Å²) in [4.78, 5) is 21.8. The van der Waals surface area contributed by atoms with Gasteiger partial charge in [-0.1, -0.05) is 25.5 Å². The van der Waals surface area contributed by atoms with Crippen molar-refractivity contribution in [1.82, 2.24) is 9.78 Å². The smallest absolute Gasteiger partial charge is 0.404 e. The van der Waals surface area contributed by atoms with Crippen molar-refractivity contribution < 1.29 is 14.5 Å². The van der Waals surface area contributed by atoms with Crippen LogP contribution in [0.2, 0.25) is 0 Å². The zero-order valence-corrected chi connectivity index (χ0v) is 9.91. The standard InChI is InChI=1S/C11H13N3O4/c1-2-3-6-18-11(15)9-7-13(8-4-5-8)12-10(9)14(16)17/h4-5,7-8H,2-3,6H2,1H3. The Kier molecular flexibility index (Phi) is 3.40. The Bertz CT molecular complexity index is 500. The first-order chi connectivity index (χ1) is 8.63. The zero-order valence-electron chi connectivity index (χ0n) is 9.91. The lowest BCUT2D eigenvalue weighted by Gasteiger charge is -2.00. The first-order valence-electron chi connectivity index (χ1n) is 5.72. The van der Waals surface area contributed by atoms with Crippen LogP contribution in [0, 0.1) is 10.1 Å². The molecule has 0 saturated carbocycles. The summed E-state index contributed by atoms with van der Waals surface area (Å²) in [5, 5.41) is 14.6. The number of unbranched alkanes of at least 4 members (excludes halogenated alkanes) is 1. The maximum Gasteiger partial charge on any atom is 0.404 e. The molecule has 1 aliphatic rings. The molecular formula is C11H13N3O4. The second-order valence-corrected chi connectivity index (χ2v) is 3.97. The number of nitro groups is 1. The van der Waals surface area contributed by atoms with Crippen LogP contribution in [0.1, 0.15) is 36.2 Å². The summed E-state index contributed by atoms with van der Waals surface area (Å²) in [6.07, 6.45) is 6.63. The summed E-state index contributed by atoms with van der Waals surface area (Å²) < 4.78 is 6.34. The van der Waals surface area contributed by atoms with Crippen LogP contribution in [-0.4, -0.2) is 27.3 Å². The van der Waals surface area contributed by atoms with Crippen LogP contribution in [0.3, 0.4) is 0 Å². The van der Waals surface area contributed by atoms with Crippen LogP contribution in [0.25, 0.3) is 0 Å². The van der Waals surface area contributed by atoms with Gasteiger partial charge >= 0.3 is 11.8 Å². The number of nitrogens with zero attached hydrogens (tertiary/aromatic N) is 3. The number of carbonyl (C=O) groups is 1. The lowest BCUT2D eigenvalue weighted by atomic mass is 10.3. The molecule has 0 bridgehead atoms. The molecule has 7 nitrogen and oxygen atoms in total. The molecule has 0 unspecified atom stereocenters. The zero-order chi connectivity index (χ0) is 13.1. The van der Waals surface area contributed by atoms with E-state index in [2.05, 4.69) is 5.10 Å². The van der Waals surface area contributed by atoms with Gasteiger partial charge in [0.1, 0.15) is 6.04 Å². The SMILES string of the molecule is CCCCOC(=O)c1cn(C2C=C2)nc1[N+](=O)[O-]. The summed E-state index contributed by atoms with van der Waals surface area (Å²) in [6, 6.07) is -0.0547. The van der Waals surface area contributed by atoms with Gasteiger partial charge in [-0.25, -0.2) is 4.79 Å². The van der Waals surface area contributed by atoms with Gasteiger partial charge in [0.05, 0.1) is 17.9 Å². The van der Waals surface area contributed by atoms with E-state index >= 15 is 0 Å². The van der Waals surface area contributed by atoms with Crippen LogP contribution in [0.15, 0.2) is 18.3 Å². The third-order valence-corrected chi connectivity index (χ3v) is 2.51. The summed E-state index contributed by atoms with van der Waals surface area (Å²) in [6.45, 7) is 2.23. The number of allylic oxidation sites excluding steroid dienone is 2. The average Bonchev–Trinajstić information content (AvgIpc) is 3.08. The number of carbonyl (C=O) groups excluding carboxylic acids is 1. The van der Waals surface area contributed by atoms with Crippen LogP contribution in [-0.2, 0) is 4.74 Å². The molecule has 2 rings (SSSR count). The Morgan fingerprint density at radius 2 is 2.33 bits per heavy atom. The van der Waals surface area contributed by atoms with Gasteiger partial charge in [-0.3, -0.25) is 0 Å². The van der Waals surface area contributed by atoms with Gasteiger partial charge in [-0.2, -0.15) is 4.68 Å². The highest BCUT2D eigenvalue weighted by molar-refractivity contribution is 5.92. The molecule has 0 radical (unpaired) electrons. The second kappa shape index (κ2) is 4.99. The van der Waals surface area contributed by atoms with Gasteiger partial charge in [0.2, 0.25) is 0 Å². The van der Waals surface area contributed by atoms with Crippen molar-refractivity contribution in [2.24, 2.45) is 0 Å². The topological polar surface area (TPSA) is 87.3 Å². The van der Waals surface area contributed by atoms with E-state index in [0.717, 1.165) is 12.8 Å². The summed E-state index contributed by atoms with van der Waals surface area (Å²) in [5.41, 5.74) is -0.0928. The number of rotatable bonds is 6. The molecule has 1 aliphatic carbocycles. The van der Waals surface area contributed by atoms with Crippen molar-refractivity contribution in [1.29, 1.82) is 0 Å². The highest BCUT2D eigenvalue weighted by atomic mass is 16.6. The molecule has 1 aromatic rings. The van der Waals surface area contributed by atoms with E-state index in [4.69, 9.17) is 4.74 Å². The molecule has 0 amide bonds. The highest BCUT2D eigenvalue weighted by Crippen LogP contribution is 2.26. The van der Waals surface area contributed by atoms with E-state index in [-0.39, 0.29) is 18.2 Å². The Morgan fingerprint density at radius 1 is 1.61 bits per heavy atom. The predicted octanol–water partition coefficient (Wildman–Crippen LogP) is 1.86. The molecule has 0 saturated heterocycles. The fraction of sp³-hybridized carbons (Fsp3) is 0.455. The Labute approximate surface area is 103 Å². The minimum atomic E-state index is -0.693. The third kappa shape index (κ3) is 2.55. The second-order valence-electron chi connectivity index (χ2n) is 3.97. The lowest BCUT2D eigenvalue weighted by molar-refractivity contribution is -0.390. The van der Waals surface area contributed by atoms with Crippen molar-refractivity contribution in [2.45, 2.75) is 25.8 Å². The Balaban J connectivity index is 2.14. The van der Waals surface area contributed by atoms with E-state index in [1.54, 1.807) is 0 Å². The molecule has 18 heavy (non-hydrogen) atoms. The van der Waals surface area contributed by atoms with Crippen LogP contribution in [0.5, 0.6) is 0 Å². The number of hydrogen-bond donors (Lipinski definition) is 0. The maximum atomic E-state index is 11.7. The van der Waals surface area contributed by atoms with Gasteiger partial charge in [-0.05, 0) is 11.3 Å². The van der Waals surface area contributed by atoms with Crippen molar-refractivity contribution >= 4 is 11.8 Å². The van der Waals surface area contributed by atoms with Crippen LogP contribution in [0.4, 0.5) is 5.82 Å². The Hall–Kier alpha value is -2.18. The maximum absolute atomic E-state index is 11.7. The normalized spacial score (nSPS) is 13.6. The first kappa shape index (κ1) is 12.3. The summed E-state index contributed by atoms with van der Waals surface area (Å²) in [5.74, 6) is -1.15.